The van der Waals surface area contributed by atoms with E-state index < -0.39 is 0 Å². The fourth-order valence-electron chi connectivity index (χ4n) is 1.72. The van der Waals surface area contributed by atoms with Crippen molar-refractivity contribution in [3.63, 3.8) is 0 Å². The van der Waals surface area contributed by atoms with Crippen LogP contribution in [-0.2, 0) is 4.74 Å². The van der Waals surface area contributed by atoms with Gasteiger partial charge in [0.25, 0.3) is 0 Å². The minimum atomic E-state index is -0.0534. The van der Waals surface area contributed by atoms with Gasteiger partial charge in [-0.3, -0.25) is 4.90 Å². The van der Waals surface area contributed by atoms with Crippen LogP contribution >= 0.6 is 0 Å². The molecule has 1 aliphatic heterocycles. The van der Waals surface area contributed by atoms with Gasteiger partial charge in [0.2, 0.25) is 0 Å². The Morgan fingerprint density at radius 1 is 1.50 bits per heavy atom. The van der Waals surface area contributed by atoms with Crippen molar-refractivity contribution >= 4 is 0 Å². The summed E-state index contributed by atoms with van der Waals surface area (Å²) < 4.78 is 5.47. The van der Waals surface area contributed by atoms with Crippen LogP contribution in [0, 0.1) is 0 Å². The van der Waals surface area contributed by atoms with Gasteiger partial charge in [-0.25, -0.2) is 0 Å². The summed E-state index contributed by atoms with van der Waals surface area (Å²) in [6.07, 6.45) is 0. The number of nitrogens with zero attached hydrogens (tertiary/aromatic N) is 1. The molecule has 1 unspecified atom stereocenters. The summed E-state index contributed by atoms with van der Waals surface area (Å²) in [7, 11) is 3.94. The minimum absolute atomic E-state index is 0.0534. The number of likely N-dealkylation sites (N-methyl/N-ethyl adjacent to an activating group) is 1. The first-order valence-electron chi connectivity index (χ1n) is 4.54. The summed E-state index contributed by atoms with van der Waals surface area (Å²) in [5, 5.41) is 3.38. The highest BCUT2D eigenvalue weighted by atomic mass is 16.5. The zero-order valence-electron chi connectivity index (χ0n) is 8.55. The third-order valence-electron chi connectivity index (χ3n) is 2.84. The first-order valence-corrected chi connectivity index (χ1v) is 4.54. The fraction of sp³-hybridized carbons (Fsp3) is 1.00. The van der Waals surface area contributed by atoms with Crippen molar-refractivity contribution in [1.29, 1.82) is 0 Å². The predicted octanol–water partition coefficient (Wildman–Crippen LogP) is 0.315. The van der Waals surface area contributed by atoms with Gasteiger partial charge >= 0.3 is 0 Å². The Kier molecular flexibility index (Phi) is 3.09. The average molecular weight is 172 g/mol. The van der Waals surface area contributed by atoms with Gasteiger partial charge in [0.1, 0.15) is 0 Å². The molecule has 0 aliphatic carbocycles. The van der Waals surface area contributed by atoms with E-state index in [2.05, 4.69) is 31.1 Å². The topological polar surface area (TPSA) is 24.5 Å². The molecular weight excluding hydrogens is 152 g/mol. The monoisotopic (exact) mass is 172 g/mol. The van der Waals surface area contributed by atoms with Crippen molar-refractivity contribution in [3.05, 3.63) is 0 Å². The van der Waals surface area contributed by atoms with Crippen molar-refractivity contribution in [2.75, 3.05) is 33.8 Å². The summed E-state index contributed by atoms with van der Waals surface area (Å²) in [6, 6.07) is 0.483. The van der Waals surface area contributed by atoms with Crippen LogP contribution in [0.1, 0.15) is 13.8 Å². The molecule has 12 heavy (non-hydrogen) atoms. The van der Waals surface area contributed by atoms with Crippen LogP contribution in [0.5, 0.6) is 0 Å². The lowest BCUT2D eigenvalue weighted by Crippen LogP contribution is -2.59. The first kappa shape index (κ1) is 9.96. The Morgan fingerprint density at radius 2 is 2.17 bits per heavy atom. The standard InChI is InChI=1S/C9H20N2O/c1-9(2,12-4)8-7-10-5-6-11(8)3/h8,10H,5-7H2,1-4H3. The van der Waals surface area contributed by atoms with Crippen LogP contribution in [0.15, 0.2) is 0 Å². The van der Waals surface area contributed by atoms with Crippen LogP contribution in [0.2, 0.25) is 0 Å². The van der Waals surface area contributed by atoms with E-state index in [1.165, 1.54) is 0 Å². The molecule has 1 N–H and O–H groups in total. The molecule has 0 amide bonds. The molecule has 1 atom stereocenters. The highest BCUT2D eigenvalue weighted by Gasteiger charge is 2.33. The third kappa shape index (κ3) is 1.97. The van der Waals surface area contributed by atoms with E-state index in [9.17, 15) is 0 Å². The highest BCUT2D eigenvalue weighted by Crippen LogP contribution is 2.19. The highest BCUT2D eigenvalue weighted by molar-refractivity contribution is 4.90. The van der Waals surface area contributed by atoms with Gasteiger partial charge < -0.3 is 10.1 Å². The second kappa shape index (κ2) is 3.73. The predicted molar refractivity (Wildman–Crippen MR) is 50.4 cm³/mol. The molecule has 0 aromatic rings. The number of hydrogen-bond donors (Lipinski definition) is 1. The molecule has 3 heteroatoms. The van der Waals surface area contributed by atoms with E-state index in [0.717, 1.165) is 19.6 Å². The summed E-state index contributed by atoms with van der Waals surface area (Å²) in [5.74, 6) is 0. The fourth-order valence-corrected chi connectivity index (χ4v) is 1.72. The molecule has 0 radical (unpaired) electrons. The summed E-state index contributed by atoms with van der Waals surface area (Å²) in [6.45, 7) is 7.50. The maximum absolute atomic E-state index is 5.47. The van der Waals surface area contributed by atoms with Crippen molar-refractivity contribution in [3.8, 4) is 0 Å². The van der Waals surface area contributed by atoms with Crippen molar-refractivity contribution < 1.29 is 4.74 Å². The molecule has 72 valence electrons. The van der Waals surface area contributed by atoms with Crippen LogP contribution in [0.4, 0.5) is 0 Å². The minimum Gasteiger partial charge on any atom is -0.377 e. The zero-order chi connectivity index (χ0) is 9.19. The Bertz CT molecular complexity index is 147. The summed E-state index contributed by atoms with van der Waals surface area (Å²) in [4.78, 5) is 2.36. The van der Waals surface area contributed by atoms with E-state index >= 15 is 0 Å². The normalized spacial score (nSPS) is 27.5. The molecule has 1 fully saturated rings. The lowest BCUT2D eigenvalue weighted by Gasteiger charge is -2.42. The molecule has 1 saturated heterocycles. The van der Waals surface area contributed by atoms with Crippen LogP contribution < -0.4 is 5.32 Å². The largest absolute Gasteiger partial charge is 0.377 e. The van der Waals surface area contributed by atoms with E-state index in [1.54, 1.807) is 7.11 Å². The smallest absolute Gasteiger partial charge is 0.0789 e. The number of ether oxygens (including phenoxy) is 1. The second-order valence-electron chi connectivity index (χ2n) is 4.01. The van der Waals surface area contributed by atoms with Gasteiger partial charge in [0, 0.05) is 26.7 Å². The quantitative estimate of drug-likeness (QED) is 0.649. The lowest BCUT2D eigenvalue weighted by molar-refractivity contribution is -0.0526. The Balaban J connectivity index is 2.58. The number of piperazine rings is 1. The van der Waals surface area contributed by atoms with Gasteiger partial charge in [0.05, 0.1) is 11.6 Å². The van der Waals surface area contributed by atoms with Crippen molar-refractivity contribution in [2.45, 2.75) is 25.5 Å². The number of hydrogen-bond acceptors (Lipinski definition) is 3. The van der Waals surface area contributed by atoms with Crippen LogP contribution in [-0.4, -0.2) is 50.3 Å². The number of methoxy groups -OCH3 is 1. The van der Waals surface area contributed by atoms with E-state index in [0.29, 0.717) is 6.04 Å². The molecule has 0 aromatic heterocycles. The van der Waals surface area contributed by atoms with Gasteiger partial charge in [0.15, 0.2) is 0 Å². The summed E-state index contributed by atoms with van der Waals surface area (Å²) >= 11 is 0. The molecule has 0 saturated carbocycles. The number of rotatable bonds is 2. The van der Waals surface area contributed by atoms with E-state index in [4.69, 9.17) is 4.74 Å². The van der Waals surface area contributed by atoms with Gasteiger partial charge in [-0.15, -0.1) is 0 Å². The Morgan fingerprint density at radius 3 is 2.67 bits per heavy atom. The Labute approximate surface area is 75.1 Å². The van der Waals surface area contributed by atoms with Crippen LogP contribution in [0.25, 0.3) is 0 Å². The lowest BCUT2D eigenvalue weighted by atomic mass is 9.96. The first-order chi connectivity index (χ1) is 5.58. The van der Waals surface area contributed by atoms with Gasteiger partial charge in [-0.1, -0.05) is 0 Å². The molecular formula is C9H20N2O. The van der Waals surface area contributed by atoms with Crippen LogP contribution in [0.3, 0.4) is 0 Å². The molecule has 0 aromatic carbocycles. The third-order valence-corrected chi connectivity index (χ3v) is 2.84. The zero-order valence-corrected chi connectivity index (χ0v) is 8.55. The maximum atomic E-state index is 5.47. The molecule has 1 heterocycles. The molecule has 3 nitrogen and oxygen atoms in total. The maximum Gasteiger partial charge on any atom is 0.0789 e. The van der Waals surface area contributed by atoms with E-state index in [-0.39, 0.29) is 5.60 Å². The summed E-state index contributed by atoms with van der Waals surface area (Å²) in [5.41, 5.74) is -0.0534. The molecule has 1 rings (SSSR count). The molecule has 1 aliphatic rings. The van der Waals surface area contributed by atoms with Crippen molar-refractivity contribution in [1.82, 2.24) is 10.2 Å². The molecule has 0 bridgehead atoms. The van der Waals surface area contributed by atoms with E-state index in [1.807, 2.05) is 0 Å². The second-order valence-corrected chi connectivity index (χ2v) is 4.01. The molecule has 0 spiro atoms. The SMILES string of the molecule is COC(C)(C)C1CNCCN1C. The average Bonchev–Trinajstić information content (AvgIpc) is 2.05. The number of nitrogens with one attached hydrogen (secondary N) is 1. The Hall–Kier alpha value is -0.120. The van der Waals surface area contributed by atoms with Crippen molar-refractivity contribution in [2.24, 2.45) is 0 Å². The van der Waals surface area contributed by atoms with Gasteiger partial charge in [-0.05, 0) is 20.9 Å². The van der Waals surface area contributed by atoms with Gasteiger partial charge in [-0.2, -0.15) is 0 Å².